The van der Waals surface area contributed by atoms with E-state index in [9.17, 15) is 4.39 Å². The molecule has 0 spiro atoms. The van der Waals surface area contributed by atoms with Crippen molar-refractivity contribution in [3.05, 3.63) is 65.0 Å². The van der Waals surface area contributed by atoms with Crippen molar-refractivity contribution in [3.63, 3.8) is 0 Å². The topological polar surface area (TPSA) is 78.5 Å². The maximum Gasteiger partial charge on any atom is 0.165 e. The summed E-state index contributed by atoms with van der Waals surface area (Å²) in [4.78, 5) is 0. The summed E-state index contributed by atoms with van der Waals surface area (Å²) in [5.41, 5.74) is 4.29. The molecule has 4 aromatic rings. The third kappa shape index (κ3) is 2.62. The van der Waals surface area contributed by atoms with E-state index in [0.717, 1.165) is 28.1 Å². The van der Waals surface area contributed by atoms with Crippen LogP contribution in [0.3, 0.4) is 0 Å². The number of nitrogens with zero attached hydrogens (tertiary/aromatic N) is 5. The number of halogens is 1. The molecule has 1 atom stereocenters. The van der Waals surface area contributed by atoms with Gasteiger partial charge in [0.05, 0.1) is 25.3 Å². The minimum atomic E-state index is -0.242. The second-order valence-corrected chi connectivity index (χ2v) is 7.72. The zero-order chi connectivity index (χ0) is 20.2. The Morgan fingerprint density at radius 1 is 1.23 bits per heavy atom. The summed E-state index contributed by atoms with van der Waals surface area (Å²) in [5.74, 6) is 1.87. The van der Waals surface area contributed by atoms with Gasteiger partial charge in [0, 0.05) is 42.9 Å². The summed E-state index contributed by atoms with van der Waals surface area (Å²) in [6, 6.07) is 5.15. The molecule has 9 heteroatoms. The number of fused-ring (bicyclic) bond motifs is 3. The minimum absolute atomic E-state index is 0.0168. The van der Waals surface area contributed by atoms with Crippen LogP contribution < -0.4 is 14.8 Å². The standard InChI is InChI=1S/C21H19FN6O2/c1-27-8-12(6-25-27)4-13-5-18-21(28-11-24-26-20(13)28)23-7-15-16(22)2-3-17-19(15)14(9-29-17)10-30-18/h2-3,5-6,8,11,14,23H,4,7,9-10H2,1H3/t14-/m1/s1. The van der Waals surface area contributed by atoms with E-state index in [0.29, 0.717) is 43.3 Å². The largest absolute Gasteiger partial charge is 0.493 e. The van der Waals surface area contributed by atoms with Crippen LogP contribution in [0.5, 0.6) is 11.5 Å². The third-order valence-corrected chi connectivity index (χ3v) is 5.75. The van der Waals surface area contributed by atoms with Crippen LogP contribution in [0, 0.1) is 5.82 Å². The second-order valence-electron chi connectivity index (χ2n) is 7.72. The number of hydrogen-bond acceptors (Lipinski definition) is 6. The molecule has 0 saturated carbocycles. The monoisotopic (exact) mass is 406 g/mol. The molecule has 0 saturated heterocycles. The molecule has 1 aromatic carbocycles. The van der Waals surface area contributed by atoms with Crippen LogP contribution in [-0.4, -0.2) is 37.6 Å². The average molecular weight is 406 g/mol. The first-order valence-corrected chi connectivity index (χ1v) is 9.81. The Bertz CT molecular complexity index is 1280. The van der Waals surface area contributed by atoms with E-state index in [4.69, 9.17) is 9.47 Å². The van der Waals surface area contributed by atoms with Gasteiger partial charge in [0.1, 0.15) is 17.9 Å². The Hall–Kier alpha value is -3.62. The molecule has 3 aromatic heterocycles. The van der Waals surface area contributed by atoms with Gasteiger partial charge in [-0.1, -0.05) is 0 Å². The van der Waals surface area contributed by atoms with Gasteiger partial charge in [-0.15, -0.1) is 10.2 Å². The highest BCUT2D eigenvalue weighted by Gasteiger charge is 2.31. The van der Waals surface area contributed by atoms with Crippen molar-refractivity contribution in [2.24, 2.45) is 7.05 Å². The van der Waals surface area contributed by atoms with Gasteiger partial charge in [0.15, 0.2) is 17.2 Å². The van der Waals surface area contributed by atoms with Crippen molar-refractivity contribution in [2.45, 2.75) is 18.9 Å². The Balaban J connectivity index is 1.45. The quantitative estimate of drug-likeness (QED) is 0.552. The van der Waals surface area contributed by atoms with Gasteiger partial charge in [-0.2, -0.15) is 5.10 Å². The molecule has 0 unspecified atom stereocenters. The number of anilines is 1. The van der Waals surface area contributed by atoms with E-state index >= 15 is 0 Å². The van der Waals surface area contributed by atoms with Gasteiger partial charge in [-0.3, -0.25) is 9.08 Å². The van der Waals surface area contributed by atoms with Gasteiger partial charge in [-0.25, -0.2) is 4.39 Å². The van der Waals surface area contributed by atoms with Gasteiger partial charge in [-0.05, 0) is 23.8 Å². The number of benzene rings is 1. The predicted octanol–water partition coefficient (Wildman–Crippen LogP) is 2.67. The number of aryl methyl sites for hydroxylation is 1. The summed E-state index contributed by atoms with van der Waals surface area (Å²) in [5, 5.41) is 16.0. The first-order chi connectivity index (χ1) is 14.7. The lowest BCUT2D eigenvalue weighted by atomic mass is 9.96. The van der Waals surface area contributed by atoms with Crippen LogP contribution in [-0.2, 0) is 20.0 Å². The summed E-state index contributed by atoms with van der Waals surface area (Å²) in [6.07, 6.45) is 6.11. The zero-order valence-corrected chi connectivity index (χ0v) is 16.3. The number of rotatable bonds is 2. The molecule has 6 rings (SSSR count). The summed E-state index contributed by atoms with van der Waals surface area (Å²) in [6.45, 7) is 1.21. The van der Waals surface area contributed by atoms with Gasteiger partial charge in [0.25, 0.3) is 0 Å². The highest BCUT2D eigenvalue weighted by molar-refractivity contribution is 5.64. The molecule has 5 heterocycles. The van der Waals surface area contributed by atoms with Crippen molar-refractivity contribution in [1.29, 1.82) is 0 Å². The lowest BCUT2D eigenvalue weighted by Crippen LogP contribution is -2.13. The zero-order valence-electron chi connectivity index (χ0n) is 16.3. The highest BCUT2D eigenvalue weighted by Crippen LogP contribution is 2.41. The average Bonchev–Trinajstić information content (AvgIpc) is 3.46. The Labute approximate surface area is 171 Å². The van der Waals surface area contributed by atoms with Crippen molar-refractivity contribution < 1.29 is 13.9 Å². The molecule has 1 N–H and O–H groups in total. The van der Waals surface area contributed by atoms with Crippen LogP contribution in [0.15, 0.2) is 36.9 Å². The molecule has 0 radical (unpaired) electrons. The molecule has 0 fully saturated rings. The molecular formula is C21H19FN6O2. The van der Waals surface area contributed by atoms with E-state index in [1.54, 1.807) is 17.1 Å². The Kier molecular flexibility index (Phi) is 3.71. The SMILES string of the molecule is Cn1cc(Cc2cc3c(n4cnnc24)NCc2c(F)ccc4c2[C@H](CO4)CO3)cn1. The van der Waals surface area contributed by atoms with E-state index in [-0.39, 0.29) is 11.7 Å². The highest BCUT2D eigenvalue weighted by atomic mass is 19.1. The fourth-order valence-electron chi connectivity index (χ4n) is 4.36. The molecule has 0 bridgehead atoms. The van der Waals surface area contributed by atoms with E-state index in [2.05, 4.69) is 20.6 Å². The van der Waals surface area contributed by atoms with Crippen molar-refractivity contribution in [2.75, 3.05) is 18.5 Å². The summed E-state index contributed by atoms with van der Waals surface area (Å²) >= 11 is 0. The van der Waals surface area contributed by atoms with E-state index < -0.39 is 0 Å². The molecule has 2 aliphatic heterocycles. The molecule has 8 nitrogen and oxygen atoms in total. The van der Waals surface area contributed by atoms with Crippen molar-refractivity contribution in [1.82, 2.24) is 24.4 Å². The van der Waals surface area contributed by atoms with Crippen LogP contribution in [0.4, 0.5) is 10.2 Å². The fraction of sp³-hybridized carbons (Fsp3) is 0.286. The van der Waals surface area contributed by atoms with Gasteiger partial charge < -0.3 is 14.8 Å². The normalized spacial score (nSPS) is 17.2. The first-order valence-electron chi connectivity index (χ1n) is 9.81. The lowest BCUT2D eigenvalue weighted by molar-refractivity contribution is 0.248. The molecule has 0 aliphatic carbocycles. The second kappa shape index (κ2) is 6.45. The molecule has 2 aliphatic rings. The smallest absolute Gasteiger partial charge is 0.165 e. The van der Waals surface area contributed by atoms with Gasteiger partial charge in [0.2, 0.25) is 0 Å². The van der Waals surface area contributed by atoms with Gasteiger partial charge >= 0.3 is 0 Å². The molecule has 30 heavy (non-hydrogen) atoms. The Morgan fingerprint density at radius 2 is 2.10 bits per heavy atom. The van der Waals surface area contributed by atoms with Crippen LogP contribution in [0.2, 0.25) is 0 Å². The van der Waals surface area contributed by atoms with Crippen LogP contribution in [0.1, 0.15) is 28.2 Å². The number of nitrogens with one attached hydrogen (secondary N) is 1. The number of pyridine rings is 1. The number of ether oxygens (including phenoxy) is 2. The molecule has 152 valence electrons. The maximum absolute atomic E-state index is 14.7. The summed E-state index contributed by atoms with van der Waals surface area (Å²) in [7, 11) is 1.89. The summed E-state index contributed by atoms with van der Waals surface area (Å²) < 4.78 is 30.3. The third-order valence-electron chi connectivity index (χ3n) is 5.75. The maximum atomic E-state index is 14.7. The van der Waals surface area contributed by atoms with E-state index in [1.165, 1.54) is 6.07 Å². The molecule has 0 amide bonds. The number of aromatic nitrogens is 5. The molecular weight excluding hydrogens is 387 g/mol. The predicted molar refractivity (Wildman–Crippen MR) is 106 cm³/mol. The minimum Gasteiger partial charge on any atom is -0.493 e. The van der Waals surface area contributed by atoms with Crippen LogP contribution >= 0.6 is 0 Å². The Morgan fingerprint density at radius 3 is 2.93 bits per heavy atom. The van der Waals surface area contributed by atoms with Crippen LogP contribution in [0.25, 0.3) is 5.65 Å². The first kappa shape index (κ1) is 17.3. The van der Waals surface area contributed by atoms with E-state index in [1.807, 2.05) is 29.9 Å². The number of hydrogen-bond donors (Lipinski definition) is 1. The van der Waals surface area contributed by atoms with Crippen molar-refractivity contribution in [3.8, 4) is 11.5 Å². The van der Waals surface area contributed by atoms with Crippen molar-refractivity contribution >= 4 is 11.5 Å². The fourth-order valence-corrected chi connectivity index (χ4v) is 4.36. The lowest BCUT2D eigenvalue weighted by Gasteiger charge is -2.16.